The smallest absolute Gasteiger partial charge is 0.336 e. The Morgan fingerprint density at radius 2 is 1.69 bits per heavy atom. The van der Waals surface area contributed by atoms with Gasteiger partial charge in [-0.1, -0.05) is 57.2 Å². The standard InChI is InChI=1S/C24H23FN2O2/c1-4-8-19(24(28)29)20-21(15(2)3)26-23(17-9-6-5-7-10-17)27-22(20)16-11-13-18(25)14-12-16/h5-15H,4H2,1-3H3,(H,28,29)/b19-8+. The minimum Gasteiger partial charge on any atom is -0.478 e. The van der Waals surface area contributed by atoms with E-state index in [-0.39, 0.29) is 17.3 Å². The van der Waals surface area contributed by atoms with Crippen molar-refractivity contribution in [1.82, 2.24) is 9.97 Å². The van der Waals surface area contributed by atoms with Crippen LogP contribution >= 0.6 is 0 Å². The summed E-state index contributed by atoms with van der Waals surface area (Å²) in [6, 6.07) is 15.5. The fourth-order valence-electron chi connectivity index (χ4n) is 3.19. The van der Waals surface area contributed by atoms with E-state index >= 15 is 0 Å². The summed E-state index contributed by atoms with van der Waals surface area (Å²) in [5.74, 6) is -0.916. The van der Waals surface area contributed by atoms with Gasteiger partial charge in [0.25, 0.3) is 0 Å². The molecule has 0 radical (unpaired) electrons. The number of nitrogens with zero attached hydrogens (tertiary/aromatic N) is 2. The quantitative estimate of drug-likeness (QED) is 0.528. The van der Waals surface area contributed by atoms with Crippen molar-refractivity contribution >= 4 is 11.5 Å². The van der Waals surface area contributed by atoms with Gasteiger partial charge >= 0.3 is 5.97 Å². The second-order valence-corrected chi connectivity index (χ2v) is 7.01. The highest BCUT2D eigenvalue weighted by Gasteiger charge is 2.25. The maximum Gasteiger partial charge on any atom is 0.336 e. The molecule has 0 aliphatic carbocycles. The van der Waals surface area contributed by atoms with Crippen LogP contribution in [0, 0.1) is 5.82 Å². The van der Waals surface area contributed by atoms with Crippen LogP contribution in [0.25, 0.3) is 28.2 Å². The summed E-state index contributed by atoms with van der Waals surface area (Å²) in [5, 5.41) is 9.88. The number of carboxylic acids is 1. The lowest BCUT2D eigenvalue weighted by Crippen LogP contribution is -2.11. The zero-order valence-electron chi connectivity index (χ0n) is 16.7. The van der Waals surface area contributed by atoms with Crippen molar-refractivity contribution in [2.75, 3.05) is 0 Å². The van der Waals surface area contributed by atoms with Crippen LogP contribution in [0.1, 0.15) is 44.4 Å². The molecule has 2 aromatic carbocycles. The van der Waals surface area contributed by atoms with Crippen molar-refractivity contribution < 1.29 is 14.3 Å². The minimum absolute atomic E-state index is 0.0331. The Labute approximate surface area is 169 Å². The van der Waals surface area contributed by atoms with Gasteiger partial charge in [-0.15, -0.1) is 0 Å². The molecule has 0 amide bonds. The fourth-order valence-corrected chi connectivity index (χ4v) is 3.19. The molecule has 4 nitrogen and oxygen atoms in total. The first-order valence-corrected chi connectivity index (χ1v) is 9.59. The van der Waals surface area contributed by atoms with Gasteiger partial charge in [-0.3, -0.25) is 0 Å². The number of allylic oxidation sites excluding steroid dienone is 1. The lowest BCUT2D eigenvalue weighted by molar-refractivity contribution is -0.130. The monoisotopic (exact) mass is 390 g/mol. The number of hydrogen-bond donors (Lipinski definition) is 1. The number of aliphatic carboxylic acids is 1. The summed E-state index contributed by atoms with van der Waals surface area (Å²) in [5.41, 5.74) is 3.27. The number of hydrogen-bond acceptors (Lipinski definition) is 3. The molecule has 0 aliphatic heterocycles. The topological polar surface area (TPSA) is 63.1 Å². The third-order valence-electron chi connectivity index (χ3n) is 4.54. The van der Waals surface area contributed by atoms with E-state index in [4.69, 9.17) is 9.97 Å². The molecule has 0 saturated heterocycles. The molecule has 1 aromatic heterocycles. The van der Waals surface area contributed by atoms with Gasteiger partial charge in [0.15, 0.2) is 5.82 Å². The highest BCUT2D eigenvalue weighted by molar-refractivity contribution is 6.17. The largest absolute Gasteiger partial charge is 0.478 e. The van der Waals surface area contributed by atoms with E-state index in [0.717, 1.165) is 5.56 Å². The van der Waals surface area contributed by atoms with Crippen molar-refractivity contribution in [3.05, 3.63) is 77.7 Å². The van der Waals surface area contributed by atoms with Gasteiger partial charge in [0, 0.05) is 16.7 Å². The molecule has 0 atom stereocenters. The molecule has 0 fully saturated rings. The number of halogens is 1. The van der Waals surface area contributed by atoms with E-state index in [0.29, 0.717) is 34.8 Å². The molecule has 5 heteroatoms. The Bertz CT molecular complexity index is 1040. The third kappa shape index (κ3) is 4.40. The number of benzene rings is 2. The van der Waals surface area contributed by atoms with Crippen molar-refractivity contribution in [3.8, 4) is 22.6 Å². The molecule has 29 heavy (non-hydrogen) atoms. The zero-order valence-corrected chi connectivity index (χ0v) is 16.7. The Balaban J connectivity index is 2.39. The maximum absolute atomic E-state index is 13.5. The summed E-state index contributed by atoms with van der Waals surface area (Å²) >= 11 is 0. The lowest BCUT2D eigenvalue weighted by atomic mass is 9.92. The van der Waals surface area contributed by atoms with Gasteiger partial charge in [-0.05, 0) is 36.6 Å². The molecule has 148 valence electrons. The van der Waals surface area contributed by atoms with E-state index in [9.17, 15) is 14.3 Å². The normalized spacial score (nSPS) is 11.7. The zero-order chi connectivity index (χ0) is 21.0. The molecule has 0 aliphatic rings. The van der Waals surface area contributed by atoms with Crippen LogP contribution in [0.5, 0.6) is 0 Å². The van der Waals surface area contributed by atoms with Crippen molar-refractivity contribution in [2.24, 2.45) is 0 Å². The first-order chi connectivity index (χ1) is 13.9. The summed E-state index contributed by atoms with van der Waals surface area (Å²) in [6.07, 6.45) is 2.23. The summed E-state index contributed by atoms with van der Waals surface area (Å²) in [4.78, 5) is 21.5. The fraction of sp³-hybridized carbons (Fsp3) is 0.208. The molecule has 1 heterocycles. The second kappa shape index (κ2) is 8.78. The van der Waals surface area contributed by atoms with Crippen LogP contribution in [0.4, 0.5) is 4.39 Å². The summed E-state index contributed by atoms with van der Waals surface area (Å²) in [7, 11) is 0. The van der Waals surface area contributed by atoms with E-state index in [1.54, 1.807) is 18.2 Å². The molecule has 0 bridgehead atoms. The Morgan fingerprint density at radius 3 is 2.24 bits per heavy atom. The summed E-state index contributed by atoms with van der Waals surface area (Å²) < 4.78 is 13.5. The number of rotatable bonds is 6. The molecule has 0 spiro atoms. The average molecular weight is 390 g/mol. The van der Waals surface area contributed by atoms with E-state index in [2.05, 4.69) is 0 Å². The first kappa shape index (κ1) is 20.4. The van der Waals surface area contributed by atoms with Crippen LogP contribution in [0.15, 0.2) is 60.7 Å². The van der Waals surface area contributed by atoms with E-state index in [1.807, 2.05) is 51.1 Å². The Kier molecular flexibility index (Phi) is 6.17. The van der Waals surface area contributed by atoms with Crippen molar-refractivity contribution in [2.45, 2.75) is 33.1 Å². The highest BCUT2D eigenvalue weighted by atomic mass is 19.1. The van der Waals surface area contributed by atoms with E-state index in [1.165, 1.54) is 12.1 Å². The number of carboxylic acid groups (broad SMARTS) is 1. The van der Waals surface area contributed by atoms with Crippen LogP contribution < -0.4 is 0 Å². The predicted octanol–water partition coefficient (Wildman–Crippen LogP) is 5.95. The van der Waals surface area contributed by atoms with Gasteiger partial charge < -0.3 is 5.11 Å². The van der Waals surface area contributed by atoms with Crippen LogP contribution in [-0.4, -0.2) is 21.0 Å². The van der Waals surface area contributed by atoms with Crippen LogP contribution in [-0.2, 0) is 4.79 Å². The average Bonchev–Trinajstić information content (AvgIpc) is 2.72. The SMILES string of the molecule is CC/C=C(/C(=O)O)c1c(-c2ccc(F)cc2)nc(-c2ccccc2)nc1C(C)C. The highest BCUT2D eigenvalue weighted by Crippen LogP contribution is 2.35. The first-order valence-electron chi connectivity index (χ1n) is 9.59. The lowest BCUT2D eigenvalue weighted by Gasteiger charge is -2.18. The number of carbonyl (C=O) groups is 1. The Hall–Kier alpha value is -3.34. The molecule has 1 N–H and O–H groups in total. The minimum atomic E-state index is -1.03. The molecular formula is C24H23FN2O2. The summed E-state index contributed by atoms with van der Waals surface area (Å²) in [6.45, 7) is 5.83. The van der Waals surface area contributed by atoms with Gasteiger partial charge in [-0.25, -0.2) is 19.2 Å². The third-order valence-corrected chi connectivity index (χ3v) is 4.54. The molecular weight excluding hydrogens is 367 g/mol. The van der Waals surface area contributed by atoms with Crippen molar-refractivity contribution in [1.29, 1.82) is 0 Å². The molecule has 0 saturated carbocycles. The maximum atomic E-state index is 13.5. The molecule has 0 unspecified atom stereocenters. The van der Waals surface area contributed by atoms with Gasteiger partial charge in [0.2, 0.25) is 0 Å². The van der Waals surface area contributed by atoms with Crippen molar-refractivity contribution in [3.63, 3.8) is 0 Å². The van der Waals surface area contributed by atoms with Gasteiger partial charge in [0.1, 0.15) is 5.82 Å². The van der Waals surface area contributed by atoms with Crippen LogP contribution in [0.3, 0.4) is 0 Å². The Morgan fingerprint density at radius 1 is 1.03 bits per heavy atom. The molecule has 3 aromatic rings. The van der Waals surface area contributed by atoms with Gasteiger partial charge in [-0.2, -0.15) is 0 Å². The van der Waals surface area contributed by atoms with Crippen LogP contribution in [0.2, 0.25) is 0 Å². The molecule has 3 rings (SSSR count). The predicted molar refractivity (Wildman–Crippen MR) is 113 cm³/mol. The van der Waals surface area contributed by atoms with Gasteiger partial charge in [0.05, 0.1) is 17.0 Å². The second-order valence-electron chi connectivity index (χ2n) is 7.01. The van der Waals surface area contributed by atoms with E-state index < -0.39 is 5.97 Å². The number of aromatic nitrogens is 2.